The topological polar surface area (TPSA) is 51.2 Å². The summed E-state index contributed by atoms with van der Waals surface area (Å²) in [6.45, 7) is 0.721. The summed E-state index contributed by atoms with van der Waals surface area (Å²) >= 11 is 13.3. The van der Waals surface area contributed by atoms with Crippen LogP contribution in [0.15, 0.2) is 41.8 Å². The standard InChI is InChI=1S/C18H12Cl2N2O2S/c19-12-2-3-13(14(20)8-12)17(23)22-18-21-15(9-25-18)10-1-4-16-11(7-10)5-6-24-16/h1-4,7-9H,5-6H2,(H,21,22,23). The third kappa shape index (κ3) is 3.35. The molecule has 0 fully saturated rings. The van der Waals surface area contributed by atoms with Gasteiger partial charge in [-0.05, 0) is 42.0 Å². The maximum absolute atomic E-state index is 12.4. The molecule has 1 amide bonds. The van der Waals surface area contributed by atoms with Crippen LogP contribution in [-0.2, 0) is 6.42 Å². The van der Waals surface area contributed by atoms with E-state index in [0.717, 1.165) is 30.0 Å². The Hall–Kier alpha value is -2.08. The number of carbonyl (C=O) groups is 1. The van der Waals surface area contributed by atoms with Crippen molar-refractivity contribution in [3.05, 3.63) is 63.0 Å². The van der Waals surface area contributed by atoms with Crippen LogP contribution in [0.3, 0.4) is 0 Å². The summed E-state index contributed by atoms with van der Waals surface area (Å²) < 4.78 is 5.52. The molecule has 4 rings (SSSR count). The number of hydrogen-bond donors (Lipinski definition) is 1. The number of benzene rings is 2. The molecule has 0 unspecified atom stereocenters. The van der Waals surface area contributed by atoms with E-state index in [1.165, 1.54) is 23.0 Å². The Morgan fingerprint density at radius 2 is 2.08 bits per heavy atom. The first-order valence-electron chi connectivity index (χ1n) is 7.58. The molecule has 1 aromatic heterocycles. The summed E-state index contributed by atoms with van der Waals surface area (Å²) in [7, 11) is 0. The monoisotopic (exact) mass is 390 g/mol. The van der Waals surface area contributed by atoms with Crippen molar-refractivity contribution in [3.63, 3.8) is 0 Å². The van der Waals surface area contributed by atoms with Gasteiger partial charge in [0, 0.05) is 22.4 Å². The number of aromatic nitrogens is 1. The lowest BCUT2D eigenvalue weighted by molar-refractivity contribution is 0.102. The van der Waals surface area contributed by atoms with E-state index in [2.05, 4.69) is 16.4 Å². The van der Waals surface area contributed by atoms with Gasteiger partial charge in [-0.3, -0.25) is 10.1 Å². The quantitative estimate of drug-likeness (QED) is 0.659. The molecule has 1 aliphatic rings. The first-order chi connectivity index (χ1) is 12.1. The van der Waals surface area contributed by atoms with E-state index in [4.69, 9.17) is 27.9 Å². The SMILES string of the molecule is O=C(Nc1nc(-c2ccc3c(c2)CCO3)cs1)c1ccc(Cl)cc1Cl. The molecule has 4 nitrogen and oxygen atoms in total. The van der Waals surface area contributed by atoms with Crippen molar-refractivity contribution in [1.82, 2.24) is 4.98 Å². The number of amides is 1. The predicted octanol–water partition coefficient (Wildman–Crippen LogP) is 5.30. The molecule has 3 aromatic rings. The molecule has 0 saturated carbocycles. The zero-order chi connectivity index (χ0) is 17.4. The molecule has 0 spiro atoms. The van der Waals surface area contributed by atoms with E-state index in [1.54, 1.807) is 12.1 Å². The molecule has 1 aliphatic heterocycles. The fraction of sp³-hybridized carbons (Fsp3) is 0.111. The second-order valence-electron chi connectivity index (χ2n) is 5.54. The van der Waals surface area contributed by atoms with Crippen LogP contribution in [0, 0.1) is 0 Å². The molecule has 0 radical (unpaired) electrons. The van der Waals surface area contributed by atoms with Gasteiger partial charge in [0.15, 0.2) is 5.13 Å². The predicted molar refractivity (Wildman–Crippen MR) is 101 cm³/mol. The van der Waals surface area contributed by atoms with Crippen LogP contribution in [-0.4, -0.2) is 17.5 Å². The lowest BCUT2D eigenvalue weighted by Gasteiger charge is -2.04. The lowest BCUT2D eigenvalue weighted by atomic mass is 10.1. The highest BCUT2D eigenvalue weighted by Gasteiger charge is 2.16. The zero-order valence-corrected chi connectivity index (χ0v) is 15.2. The Kier molecular flexibility index (Phi) is 4.37. The molecule has 7 heteroatoms. The zero-order valence-electron chi connectivity index (χ0n) is 12.9. The Morgan fingerprint density at radius 3 is 2.92 bits per heavy atom. The molecule has 0 aliphatic carbocycles. The Balaban J connectivity index is 1.54. The number of thiazole rings is 1. The van der Waals surface area contributed by atoms with Gasteiger partial charge >= 0.3 is 0 Å². The summed E-state index contributed by atoms with van der Waals surface area (Å²) in [6, 6.07) is 10.8. The highest BCUT2D eigenvalue weighted by molar-refractivity contribution is 7.14. The normalized spacial score (nSPS) is 12.6. The minimum absolute atomic E-state index is 0.306. The molecule has 1 N–H and O–H groups in total. The van der Waals surface area contributed by atoms with Crippen molar-refractivity contribution in [2.75, 3.05) is 11.9 Å². The van der Waals surface area contributed by atoms with E-state index in [1.807, 2.05) is 17.5 Å². The van der Waals surface area contributed by atoms with Gasteiger partial charge in [0.25, 0.3) is 5.91 Å². The first-order valence-corrected chi connectivity index (χ1v) is 9.22. The highest BCUT2D eigenvalue weighted by Crippen LogP contribution is 2.32. The van der Waals surface area contributed by atoms with Crippen LogP contribution < -0.4 is 10.1 Å². The Labute approximate surface area is 158 Å². The summed E-state index contributed by atoms with van der Waals surface area (Å²) in [5.41, 5.74) is 3.37. The highest BCUT2D eigenvalue weighted by atomic mass is 35.5. The van der Waals surface area contributed by atoms with Crippen LogP contribution in [0.2, 0.25) is 10.0 Å². The van der Waals surface area contributed by atoms with Gasteiger partial charge in [0.1, 0.15) is 5.75 Å². The summed E-state index contributed by atoms with van der Waals surface area (Å²) in [5.74, 6) is 0.620. The number of ether oxygens (including phenoxy) is 1. The maximum atomic E-state index is 12.4. The van der Waals surface area contributed by atoms with E-state index < -0.39 is 0 Å². The van der Waals surface area contributed by atoms with Gasteiger partial charge in [-0.1, -0.05) is 23.2 Å². The van der Waals surface area contributed by atoms with E-state index in [-0.39, 0.29) is 5.91 Å². The number of nitrogens with one attached hydrogen (secondary N) is 1. The molecule has 2 aromatic carbocycles. The molecule has 0 bridgehead atoms. The number of carbonyl (C=O) groups excluding carboxylic acids is 1. The smallest absolute Gasteiger partial charge is 0.258 e. The van der Waals surface area contributed by atoms with Crippen LogP contribution >= 0.6 is 34.5 Å². The van der Waals surface area contributed by atoms with Gasteiger partial charge in [-0.2, -0.15) is 0 Å². The third-order valence-corrected chi connectivity index (χ3v) is 5.19. The van der Waals surface area contributed by atoms with Crippen molar-refractivity contribution in [3.8, 4) is 17.0 Å². The molecule has 2 heterocycles. The van der Waals surface area contributed by atoms with Gasteiger partial charge in [-0.25, -0.2) is 4.98 Å². The van der Waals surface area contributed by atoms with E-state index in [9.17, 15) is 4.79 Å². The molecular weight excluding hydrogens is 379 g/mol. The van der Waals surface area contributed by atoms with Crippen LogP contribution in [0.25, 0.3) is 11.3 Å². The number of halogens is 2. The van der Waals surface area contributed by atoms with E-state index >= 15 is 0 Å². The fourth-order valence-corrected chi connectivity index (χ4v) is 3.86. The van der Waals surface area contributed by atoms with Crippen molar-refractivity contribution >= 4 is 45.6 Å². The van der Waals surface area contributed by atoms with Crippen LogP contribution in [0.5, 0.6) is 5.75 Å². The second kappa shape index (κ2) is 6.67. The number of rotatable bonds is 3. The summed E-state index contributed by atoms with van der Waals surface area (Å²) in [5, 5.41) is 6.00. The Morgan fingerprint density at radius 1 is 1.20 bits per heavy atom. The van der Waals surface area contributed by atoms with Crippen LogP contribution in [0.4, 0.5) is 5.13 Å². The van der Waals surface area contributed by atoms with Gasteiger partial charge in [-0.15, -0.1) is 11.3 Å². The number of hydrogen-bond acceptors (Lipinski definition) is 4. The lowest BCUT2D eigenvalue weighted by Crippen LogP contribution is -2.12. The third-order valence-electron chi connectivity index (χ3n) is 3.89. The van der Waals surface area contributed by atoms with Gasteiger partial charge in [0.05, 0.1) is 22.9 Å². The van der Waals surface area contributed by atoms with Crippen molar-refractivity contribution in [1.29, 1.82) is 0 Å². The average molecular weight is 391 g/mol. The van der Waals surface area contributed by atoms with Crippen molar-refractivity contribution < 1.29 is 9.53 Å². The maximum Gasteiger partial charge on any atom is 0.258 e. The van der Waals surface area contributed by atoms with Crippen molar-refractivity contribution in [2.24, 2.45) is 0 Å². The van der Waals surface area contributed by atoms with Gasteiger partial charge < -0.3 is 4.74 Å². The largest absolute Gasteiger partial charge is 0.493 e. The number of anilines is 1. The van der Waals surface area contributed by atoms with E-state index in [0.29, 0.717) is 20.7 Å². The summed E-state index contributed by atoms with van der Waals surface area (Å²) in [6.07, 6.45) is 0.909. The molecule has 0 saturated heterocycles. The first kappa shape index (κ1) is 16.4. The average Bonchev–Trinajstić information content (AvgIpc) is 3.22. The summed E-state index contributed by atoms with van der Waals surface area (Å²) in [4.78, 5) is 16.9. The molecule has 25 heavy (non-hydrogen) atoms. The van der Waals surface area contributed by atoms with Gasteiger partial charge in [0.2, 0.25) is 0 Å². The number of nitrogens with zero attached hydrogens (tertiary/aromatic N) is 1. The second-order valence-corrected chi connectivity index (χ2v) is 7.24. The minimum Gasteiger partial charge on any atom is -0.493 e. The fourth-order valence-electron chi connectivity index (χ4n) is 2.65. The Bertz CT molecular complexity index is 971. The van der Waals surface area contributed by atoms with Crippen LogP contribution in [0.1, 0.15) is 15.9 Å². The number of fused-ring (bicyclic) bond motifs is 1. The molecule has 0 atom stereocenters. The minimum atomic E-state index is -0.315. The molecule has 126 valence electrons. The van der Waals surface area contributed by atoms with Crippen molar-refractivity contribution in [2.45, 2.75) is 6.42 Å². The molecular formula is C18H12Cl2N2O2S.